The van der Waals surface area contributed by atoms with Gasteiger partial charge in [-0.1, -0.05) is 53.8 Å². The Hall–Kier alpha value is -2.73. The number of amides is 1. The molecule has 0 radical (unpaired) electrons. The molecular weight excluding hydrogens is 298 g/mol. The largest absolute Gasteiger partial charge is 0.484 e. The number of nitrogens with one attached hydrogen (secondary N) is 1. The van der Waals surface area contributed by atoms with Gasteiger partial charge >= 0.3 is 0 Å². The van der Waals surface area contributed by atoms with Crippen LogP contribution in [0.2, 0.25) is 0 Å². The highest BCUT2D eigenvalue weighted by Gasteiger charge is 2.06. The number of ether oxygens (including phenoxy) is 1. The molecule has 22 heavy (non-hydrogen) atoms. The summed E-state index contributed by atoms with van der Waals surface area (Å²) in [4.78, 5) is 11.7. The lowest BCUT2D eigenvalue weighted by atomic mass is 10.1. The van der Waals surface area contributed by atoms with Crippen molar-refractivity contribution in [2.75, 3.05) is 11.9 Å². The molecule has 0 atom stereocenters. The van der Waals surface area contributed by atoms with Gasteiger partial charge in [-0.3, -0.25) is 10.1 Å². The third-order valence-electron chi connectivity index (χ3n) is 2.94. The van der Waals surface area contributed by atoms with Gasteiger partial charge < -0.3 is 4.74 Å². The minimum absolute atomic E-state index is 0.0652. The number of carbonyl (C=O) groups is 1. The van der Waals surface area contributed by atoms with Gasteiger partial charge in [-0.15, -0.1) is 10.2 Å². The summed E-state index contributed by atoms with van der Waals surface area (Å²) in [6.07, 6.45) is 0. The molecule has 1 heterocycles. The minimum atomic E-state index is -0.260. The van der Waals surface area contributed by atoms with Crippen LogP contribution in [0.25, 0.3) is 11.1 Å². The number of aromatic nitrogens is 2. The summed E-state index contributed by atoms with van der Waals surface area (Å²) in [6.45, 7) is -0.0652. The summed E-state index contributed by atoms with van der Waals surface area (Å²) in [7, 11) is 0. The molecule has 0 aliphatic carbocycles. The maximum absolute atomic E-state index is 11.7. The molecule has 0 spiro atoms. The summed E-state index contributed by atoms with van der Waals surface area (Å²) in [5.74, 6) is 0.385. The number of anilines is 1. The number of nitrogens with zero attached hydrogens (tertiary/aromatic N) is 2. The highest BCUT2D eigenvalue weighted by atomic mass is 32.1. The van der Waals surface area contributed by atoms with Gasteiger partial charge in [0.25, 0.3) is 5.91 Å². The third kappa shape index (κ3) is 3.67. The molecule has 0 aliphatic rings. The standard InChI is InChI=1S/C16H13N3O2S/c20-15(18-16-19-17-11-22-16)10-21-14-8-6-13(7-9-14)12-4-2-1-3-5-12/h1-9,11H,10H2,(H,18,19,20). The smallest absolute Gasteiger partial charge is 0.264 e. The van der Waals surface area contributed by atoms with Crippen LogP contribution in [-0.4, -0.2) is 22.7 Å². The maximum Gasteiger partial charge on any atom is 0.264 e. The lowest BCUT2D eigenvalue weighted by molar-refractivity contribution is -0.118. The van der Waals surface area contributed by atoms with Gasteiger partial charge in [0.05, 0.1) is 0 Å². The SMILES string of the molecule is O=C(COc1ccc(-c2ccccc2)cc1)Nc1nncs1. The van der Waals surface area contributed by atoms with Gasteiger partial charge in [0.15, 0.2) is 6.61 Å². The Morgan fingerprint density at radius 1 is 1.05 bits per heavy atom. The molecule has 0 aliphatic heterocycles. The van der Waals surface area contributed by atoms with Crippen molar-refractivity contribution in [2.24, 2.45) is 0 Å². The molecule has 0 bridgehead atoms. The zero-order chi connectivity index (χ0) is 15.2. The molecule has 0 unspecified atom stereocenters. The predicted molar refractivity (Wildman–Crippen MR) is 85.9 cm³/mol. The molecule has 0 fully saturated rings. The van der Waals surface area contributed by atoms with E-state index in [-0.39, 0.29) is 12.5 Å². The van der Waals surface area contributed by atoms with E-state index in [0.717, 1.165) is 11.1 Å². The van der Waals surface area contributed by atoms with Crippen LogP contribution in [0, 0.1) is 0 Å². The predicted octanol–water partition coefficient (Wildman–Crippen LogP) is 3.22. The van der Waals surface area contributed by atoms with Gasteiger partial charge in [-0.25, -0.2) is 0 Å². The van der Waals surface area contributed by atoms with Crippen molar-refractivity contribution in [1.82, 2.24) is 10.2 Å². The Morgan fingerprint density at radius 2 is 1.77 bits per heavy atom. The van der Waals surface area contributed by atoms with E-state index in [9.17, 15) is 4.79 Å². The number of carbonyl (C=O) groups excluding carboxylic acids is 1. The lowest BCUT2D eigenvalue weighted by Gasteiger charge is -2.07. The fourth-order valence-electron chi connectivity index (χ4n) is 1.91. The molecule has 110 valence electrons. The molecule has 2 aromatic carbocycles. The average Bonchev–Trinajstić information content (AvgIpc) is 3.07. The van der Waals surface area contributed by atoms with Gasteiger partial charge in [0.2, 0.25) is 5.13 Å². The Kier molecular flexibility index (Phi) is 4.41. The maximum atomic E-state index is 11.7. The fourth-order valence-corrected chi connectivity index (χ4v) is 2.37. The topological polar surface area (TPSA) is 64.1 Å². The quantitative estimate of drug-likeness (QED) is 0.786. The highest BCUT2D eigenvalue weighted by Crippen LogP contribution is 2.22. The number of benzene rings is 2. The molecule has 1 amide bonds. The molecule has 1 N–H and O–H groups in total. The zero-order valence-electron chi connectivity index (χ0n) is 11.6. The summed E-state index contributed by atoms with van der Waals surface area (Å²) in [5, 5.41) is 10.5. The monoisotopic (exact) mass is 311 g/mol. The Balaban J connectivity index is 1.56. The van der Waals surface area contributed by atoms with Crippen molar-refractivity contribution in [2.45, 2.75) is 0 Å². The first-order valence-electron chi connectivity index (χ1n) is 6.65. The van der Waals surface area contributed by atoms with Crippen molar-refractivity contribution in [3.63, 3.8) is 0 Å². The first-order valence-corrected chi connectivity index (χ1v) is 7.53. The molecule has 3 aromatic rings. The van der Waals surface area contributed by atoms with Gasteiger partial charge in [0, 0.05) is 0 Å². The number of hydrogen-bond acceptors (Lipinski definition) is 5. The summed E-state index contributed by atoms with van der Waals surface area (Å²) < 4.78 is 5.45. The first kappa shape index (κ1) is 14.2. The Labute approximate surface area is 131 Å². The van der Waals surface area contributed by atoms with Crippen LogP contribution >= 0.6 is 11.3 Å². The van der Waals surface area contributed by atoms with Crippen molar-refractivity contribution in [3.8, 4) is 16.9 Å². The van der Waals surface area contributed by atoms with Crippen LogP contribution in [0.3, 0.4) is 0 Å². The van der Waals surface area contributed by atoms with Crippen LogP contribution < -0.4 is 10.1 Å². The molecule has 0 saturated heterocycles. The van der Waals surface area contributed by atoms with Crippen molar-refractivity contribution < 1.29 is 9.53 Å². The molecule has 5 nitrogen and oxygen atoms in total. The molecule has 3 rings (SSSR count). The van der Waals surface area contributed by atoms with Crippen molar-refractivity contribution in [3.05, 3.63) is 60.1 Å². The minimum Gasteiger partial charge on any atom is -0.484 e. The van der Waals surface area contributed by atoms with E-state index in [1.807, 2.05) is 54.6 Å². The van der Waals surface area contributed by atoms with Crippen molar-refractivity contribution in [1.29, 1.82) is 0 Å². The van der Waals surface area contributed by atoms with Crippen LogP contribution in [0.4, 0.5) is 5.13 Å². The van der Waals surface area contributed by atoms with E-state index in [4.69, 9.17) is 4.74 Å². The lowest BCUT2D eigenvalue weighted by Crippen LogP contribution is -2.20. The van der Waals surface area contributed by atoms with E-state index >= 15 is 0 Å². The second kappa shape index (κ2) is 6.82. The van der Waals surface area contributed by atoms with Crippen LogP contribution in [-0.2, 0) is 4.79 Å². The zero-order valence-corrected chi connectivity index (χ0v) is 12.4. The van der Waals surface area contributed by atoms with Crippen LogP contribution in [0.5, 0.6) is 5.75 Å². The van der Waals surface area contributed by atoms with E-state index in [2.05, 4.69) is 15.5 Å². The third-order valence-corrected chi connectivity index (χ3v) is 3.54. The van der Waals surface area contributed by atoms with Crippen LogP contribution in [0.15, 0.2) is 60.1 Å². The second-order valence-corrected chi connectivity index (χ2v) is 5.30. The Morgan fingerprint density at radius 3 is 2.45 bits per heavy atom. The van der Waals surface area contributed by atoms with Gasteiger partial charge in [0.1, 0.15) is 11.3 Å². The summed E-state index contributed by atoms with van der Waals surface area (Å²) >= 11 is 1.26. The van der Waals surface area contributed by atoms with E-state index in [1.165, 1.54) is 11.3 Å². The van der Waals surface area contributed by atoms with E-state index in [1.54, 1.807) is 5.51 Å². The second-order valence-electron chi connectivity index (χ2n) is 4.47. The molecule has 0 saturated carbocycles. The van der Waals surface area contributed by atoms with Crippen LogP contribution in [0.1, 0.15) is 0 Å². The van der Waals surface area contributed by atoms with Gasteiger partial charge in [-0.2, -0.15) is 0 Å². The molecule has 6 heteroatoms. The summed E-state index contributed by atoms with van der Waals surface area (Å²) in [6, 6.07) is 17.7. The molecule has 1 aromatic heterocycles. The normalized spacial score (nSPS) is 10.2. The number of rotatable bonds is 5. The average molecular weight is 311 g/mol. The molecular formula is C16H13N3O2S. The fraction of sp³-hybridized carbons (Fsp3) is 0.0625. The Bertz CT molecular complexity index is 728. The highest BCUT2D eigenvalue weighted by molar-refractivity contribution is 7.13. The van der Waals surface area contributed by atoms with Crippen molar-refractivity contribution >= 4 is 22.4 Å². The van der Waals surface area contributed by atoms with E-state index < -0.39 is 0 Å². The summed E-state index contributed by atoms with van der Waals surface area (Å²) in [5.41, 5.74) is 3.80. The van der Waals surface area contributed by atoms with Gasteiger partial charge in [-0.05, 0) is 23.3 Å². The number of hydrogen-bond donors (Lipinski definition) is 1. The first-order chi connectivity index (χ1) is 10.8. The van der Waals surface area contributed by atoms with E-state index in [0.29, 0.717) is 10.9 Å².